The van der Waals surface area contributed by atoms with Crippen LogP contribution in [-0.2, 0) is 0 Å². The van der Waals surface area contributed by atoms with Gasteiger partial charge in [-0.2, -0.15) is 0 Å². The van der Waals surface area contributed by atoms with Crippen molar-refractivity contribution in [3.05, 3.63) is 29.5 Å². The Kier molecular flexibility index (Phi) is 1.52. The lowest BCUT2D eigenvalue weighted by molar-refractivity contribution is 0.431. The smallest absolute Gasteiger partial charge is 0.174 e. The number of hydrogen-bond donors (Lipinski definition) is 2. The second-order valence-electron chi connectivity index (χ2n) is 2.93. The predicted molar refractivity (Wildman–Crippen MR) is 44.6 cm³/mol. The van der Waals surface area contributed by atoms with Gasteiger partial charge in [-0.15, -0.1) is 0 Å². The molecular weight excluding hydrogens is 176 g/mol. The molecule has 0 fully saturated rings. The van der Waals surface area contributed by atoms with E-state index >= 15 is 0 Å². The van der Waals surface area contributed by atoms with Crippen molar-refractivity contribution in [3.8, 4) is 5.75 Å². The van der Waals surface area contributed by atoms with Crippen molar-refractivity contribution >= 4 is 10.9 Å². The lowest BCUT2D eigenvalue weighted by atomic mass is 10.2. The van der Waals surface area contributed by atoms with Crippen LogP contribution in [0.1, 0.15) is 5.69 Å². The monoisotopic (exact) mass is 183 g/mol. The molecule has 68 valence electrons. The van der Waals surface area contributed by atoms with Crippen LogP contribution in [0.2, 0.25) is 0 Å². The van der Waals surface area contributed by atoms with Crippen LogP contribution < -0.4 is 0 Å². The number of benzene rings is 1. The van der Waals surface area contributed by atoms with E-state index in [2.05, 4.69) is 4.98 Å². The Hall–Kier alpha value is -1.58. The molecule has 2 rings (SSSR count). The fourth-order valence-electron chi connectivity index (χ4n) is 1.34. The second-order valence-corrected chi connectivity index (χ2v) is 2.93. The second kappa shape index (κ2) is 2.45. The topological polar surface area (TPSA) is 36.0 Å². The molecule has 0 aliphatic rings. The normalized spacial score (nSPS) is 11.0. The first-order valence-electron chi connectivity index (χ1n) is 3.76. The Balaban J connectivity index is 2.95. The first kappa shape index (κ1) is 8.04. The standard InChI is InChI=1S/C9H7F2NO/c1-4-2-5-8(11)7(13)3-6(10)9(5)12-4/h2-3,12-13H,1H3. The van der Waals surface area contributed by atoms with Crippen molar-refractivity contribution in [1.29, 1.82) is 0 Å². The predicted octanol–water partition coefficient (Wildman–Crippen LogP) is 2.46. The lowest BCUT2D eigenvalue weighted by Gasteiger charge is -1.97. The van der Waals surface area contributed by atoms with E-state index in [9.17, 15) is 8.78 Å². The first-order chi connectivity index (χ1) is 6.09. The van der Waals surface area contributed by atoms with Gasteiger partial charge >= 0.3 is 0 Å². The van der Waals surface area contributed by atoms with Crippen LogP contribution >= 0.6 is 0 Å². The fraction of sp³-hybridized carbons (Fsp3) is 0.111. The Labute approximate surface area is 72.8 Å². The number of aryl methyl sites for hydroxylation is 1. The van der Waals surface area contributed by atoms with Gasteiger partial charge in [0.2, 0.25) is 0 Å². The molecule has 1 aromatic carbocycles. The minimum atomic E-state index is -0.791. The molecule has 0 unspecified atom stereocenters. The Morgan fingerprint density at radius 1 is 1.31 bits per heavy atom. The highest BCUT2D eigenvalue weighted by Crippen LogP contribution is 2.28. The summed E-state index contributed by atoms with van der Waals surface area (Å²) in [6, 6.07) is 2.21. The number of halogens is 2. The van der Waals surface area contributed by atoms with Gasteiger partial charge in [0.25, 0.3) is 0 Å². The van der Waals surface area contributed by atoms with Gasteiger partial charge in [0.1, 0.15) is 0 Å². The largest absolute Gasteiger partial charge is 0.505 e. The number of aromatic nitrogens is 1. The summed E-state index contributed by atoms with van der Waals surface area (Å²) in [5.74, 6) is -2.10. The zero-order valence-electron chi connectivity index (χ0n) is 6.86. The minimum absolute atomic E-state index is 0.0787. The summed E-state index contributed by atoms with van der Waals surface area (Å²) < 4.78 is 26.2. The molecule has 0 spiro atoms. The maximum atomic E-state index is 13.2. The van der Waals surface area contributed by atoms with Gasteiger partial charge in [-0.3, -0.25) is 0 Å². The van der Waals surface area contributed by atoms with E-state index in [0.717, 1.165) is 6.07 Å². The first-order valence-corrected chi connectivity index (χ1v) is 3.76. The zero-order chi connectivity index (χ0) is 9.59. The number of phenolic OH excluding ortho intramolecular Hbond substituents is 1. The summed E-state index contributed by atoms with van der Waals surface area (Å²) in [5.41, 5.74) is 0.742. The highest BCUT2D eigenvalue weighted by atomic mass is 19.1. The number of fused-ring (bicyclic) bond motifs is 1. The van der Waals surface area contributed by atoms with Crippen LogP contribution in [0.5, 0.6) is 5.75 Å². The van der Waals surface area contributed by atoms with Gasteiger partial charge in [0, 0.05) is 17.1 Å². The summed E-state index contributed by atoms with van der Waals surface area (Å²) in [6.45, 7) is 1.69. The average Bonchev–Trinajstić information content (AvgIpc) is 2.44. The molecule has 0 amide bonds. The van der Waals surface area contributed by atoms with Gasteiger partial charge < -0.3 is 10.1 Å². The van der Waals surface area contributed by atoms with E-state index in [0.29, 0.717) is 5.69 Å². The highest BCUT2D eigenvalue weighted by molar-refractivity contribution is 5.83. The highest BCUT2D eigenvalue weighted by Gasteiger charge is 2.12. The maximum absolute atomic E-state index is 13.2. The third-order valence-corrected chi connectivity index (χ3v) is 1.92. The van der Waals surface area contributed by atoms with Crippen molar-refractivity contribution in [2.75, 3.05) is 0 Å². The number of aromatic amines is 1. The number of hydrogen-bond acceptors (Lipinski definition) is 1. The maximum Gasteiger partial charge on any atom is 0.174 e. The number of aromatic hydroxyl groups is 1. The summed E-state index contributed by atoms with van der Waals surface area (Å²) in [4.78, 5) is 2.67. The quantitative estimate of drug-likeness (QED) is 0.646. The summed E-state index contributed by atoms with van der Waals surface area (Å²) in [7, 11) is 0. The van der Waals surface area contributed by atoms with E-state index in [1.54, 1.807) is 6.92 Å². The molecule has 0 saturated heterocycles. The number of rotatable bonds is 0. The molecule has 0 saturated carbocycles. The summed E-state index contributed by atoms with van der Waals surface area (Å²) >= 11 is 0. The molecule has 0 bridgehead atoms. The molecular formula is C9H7F2NO. The molecule has 0 aliphatic heterocycles. The Bertz CT molecular complexity index is 476. The Morgan fingerprint density at radius 2 is 2.00 bits per heavy atom. The molecule has 4 heteroatoms. The van der Waals surface area contributed by atoms with Gasteiger partial charge in [0.05, 0.1) is 5.52 Å². The molecule has 0 atom stereocenters. The van der Waals surface area contributed by atoms with Crippen LogP contribution in [0.15, 0.2) is 12.1 Å². The van der Waals surface area contributed by atoms with Crippen molar-refractivity contribution in [2.24, 2.45) is 0 Å². The van der Waals surface area contributed by atoms with E-state index in [4.69, 9.17) is 5.11 Å². The fourth-order valence-corrected chi connectivity index (χ4v) is 1.34. The van der Waals surface area contributed by atoms with Crippen molar-refractivity contribution < 1.29 is 13.9 Å². The number of nitrogens with one attached hydrogen (secondary N) is 1. The third kappa shape index (κ3) is 1.06. The van der Waals surface area contributed by atoms with Crippen LogP contribution in [0.4, 0.5) is 8.78 Å². The SMILES string of the molecule is Cc1cc2c(F)c(O)cc(F)c2[nH]1. The average molecular weight is 183 g/mol. The number of phenols is 1. The van der Waals surface area contributed by atoms with Crippen LogP contribution in [0, 0.1) is 18.6 Å². The van der Waals surface area contributed by atoms with E-state index in [1.165, 1.54) is 6.07 Å². The summed E-state index contributed by atoms with van der Waals surface area (Å²) in [5, 5.41) is 9.06. The van der Waals surface area contributed by atoms with Crippen molar-refractivity contribution in [1.82, 2.24) is 4.98 Å². The molecule has 1 aromatic heterocycles. The van der Waals surface area contributed by atoms with Crippen LogP contribution in [0.3, 0.4) is 0 Å². The minimum Gasteiger partial charge on any atom is -0.505 e. The molecule has 2 aromatic rings. The van der Waals surface area contributed by atoms with Crippen LogP contribution in [0.25, 0.3) is 10.9 Å². The van der Waals surface area contributed by atoms with Gasteiger partial charge in [0.15, 0.2) is 17.4 Å². The van der Waals surface area contributed by atoms with Gasteiger partial charge in [-0.05, 0) is 13.0 Å². The van der Waals surface area contributed by atoms with Gasteiger partial charge in [-0.25, -0.2) is 8.78 Å². The molecule has 13 heavy (non-hydrogen) atoms. The molecule has 2 N–H and O–H groups in total. The zero-order valence-corrected chi connectivity index (χ0v) is 6.86. The van der Waals surface area contributed by atoms with E-state index < -0.39 is 17.4 Å². The summed E-state index contributed by atoms with van der Waals surface area (Å²) in [6.07, 6.45) is 0. The van der Waals surface area contributed by atoms with Crippen LogP contribution in [-0.4, -0.2) is 10.1 Å². The number of H-pyrrole nitrogens is 1. The molecule has 2 nitrogen and oxygen atoms in total. The van der Waals surface area contributed by atoms with Crippen molar-refractivity contribution in [3.63, 3.8) is 0 Å². The van der Waals surface area contributed by atoms with Crippen molar-refractivity contribution in [2.45, 2.75) is 6.92 Å². The third-order valence-electron chi connectivity index (χ3n) is 1.92. The van der Waals surface area contributed by atoms with Gasteiger partial charge in [-0.1, -0.05) is 0 Å². The van der Waals surface area contributed by atoms with E-state index in [1.807, 2.05) is 0 Å². The van der Waals surface area contributed by atoms with E-state index in [-0.39, 0.29) is 10.9 Å². The molecule has 1 heterocycles. The Morgan fingerprint density at radius 3 is 2.69 bits per heavy atom. The molecule has 0 aliphatic carbocycles. The lowest BCUT2D eigenvalue weighted by Crippen LogP contribution is -1.83. The molecule has 0 radical (unpaired) electrons.